The summed E-state index contributed by atoms with van der Waals surface area (Å²) < 4.78 is 0. The SMILES string of the molecule is CCCCC[SiH](C1=[C-]CC=C1Cc1ccccc1)c1c(C)c(C)c(C)c(C)c1C.[Cl-].[Cl-].[Cl-].[Ti+4]. The fourth-order valence-corrected chi connectivity index (χ4v) is 8.99. The molecular weight excluding hydrogens is 519 g/mol. The molecule has 2 aromatic rings. The van der Waals surface area contributed by atoms with Gasteiger partial charge >= 0.3 is 21.7 Å². The molecule has 1 aliphatic carbocycles. The predicted molar refractivity (Wildman–Crippen MR) is 131 cm³/mol. The molecule has 5 heteroatoms. The summed E-state index contributed by atoms with van der Waals surface area (Å²) in [5.41, 5.74) is 10.6. The molecule has 1 aliphatic rings. The van der Waals surface area contributed by atoms with Crippen LogP contribution in [0.25, 0.3) is 0 Å². The fourth-order valence-electron chi connectivity index (χ4n) is 4.92. The van der Waals surface area contributed by atoms with Gasteiger partial charge in [0.1, 0.15) is 0 Å². The van der Waals surface area contributed by atoms with Crippen molar-refractivity contribution in [1.29, 1.82) is 0 Å². The van der Waals surface area contributed by atoms with E-state index < -0.39 is 8.80 Å². The van der Waals surface area contributed by atoms with Crippen molar-refractivity contribution in [1.82, 2.24) is 0 Å². The maximum atomic E-state index is 3.85. The molecule has 1 atom stereocenters. The maximum absolute atomic E-state index is 3.85. The van der Waals surface area contributed by atoms with E-state index in [0.717, 1.165) is 12.8 Å². The molecule has 0 saturated carbocycles. The van der Waals surface area contributed by atoms with Gasteiger partial charge in [0.15, 0.2) is 0 Å². The van der Waals surface area contributed by atoms with Gasteiger partial charge in [0.05, 0.1) is 8.80 Å². The van der Waals surface area contributed by atoms with Crippen molar-refractivity contribution in [3.63, 3.8) is 0 Å². The molecule has 0 bridgehead atoms. The van der Waals surface area contributed by atoms with Crippen LogP contribution in [0, 0.1) is 40.7 Å². The van der Waals surface area contributed by atoms with Crippen molar-refractivity contribution in [3.8, 4) is 0 Å². The molecule has 0 radical (unpaired) electrons. The molecule has 2 aromatic carbocycles. The van der Waals surface area contributed by atoms with Crippen molar-refractivity contribution in [2.75, 3.05) is 0 Å². The van der Waals surface area contributed by atoms with E-state index in [0.29, 0.717) is 0 Å². The van der Waals surface area contributed by atoms with E-state index in [9.17, 15) is 0 Å². The average Bonchev–Trinajstić information content (AvgIpc) is 3.18. The number of allylic oxidation sites excluding steroid dienone is 4. The van der Waals surface area contributed by atoms with E-state index >= 15 is 0 Å². The van der Waals surface area contributed by atoms with E-state index in [1.807, 2.05) is 0 Å². The molecule has 33 heavy (non-hydrogen) atoms. The van der Waals surface area contributed by atoms with Crippen LogP contribution in [0.15, 0.2) is 47.2 Å². The van der Waals surface area contributed by atoms with Gasteiger partial charge in [0.2, 0.25) is 0 Å². The van der Waals surface area contributed by atoms with Gasteiger partial charge in [-0.3, -0.25) is 6.08 Å². The monoisotopic (exact) mass is 554 g/mol. The standard InChI is InChI=1S/C28H37Si.3ClH.Ti/c1-7-8-12-18-29(28-23(5)21(3)20(2)22(4)24(28)6)27-17-13-16-26(27)19-25-14-10-9-11-15-25;;;;/h9-11,14-16,29H,7-8,12-13,18-19H2,1-6H3;3*1H;/q-1;;;;+4/p-3. The molecular formula is C28H37Cl3SiTi. The summed E-state index contributed by atoms with van der Waals surface area (Å²) in [6.07, 6.45) is 12.3. The number of rotatable bonds is 8. The molecule has 0 fully saturated rings. The number of hydrogen-bond acceptors (Lipinski definition) is 0. The molecule has 1 unspecified atom stereocenters. The van der Waals surface area contributed by atoms with Gasteiger partial charge in [-0.2, -0.15) is 11.6 Å². The van der Waals surface area contributed by atoms with Crippen molar-refractivity contribution < 1.29 is 58.9 Å². The average molecular weight is 556 g/mol. The Balaban J connectivity index is 0. The minimum atomic E-state index is -1.29. The Kier molecular flexibility index (Phi) is 17.3. The topological polar surface area (TPSA) is 0 Å². The molecule has 0 nitrogen and oxygen atoms in total. The number of hydrogen-bond donors (Lipinski definition) is 0. The molecule has 0 aliphatic heterocycles. The van der Waals surface area contributed by atoms with Crippen LogP contribution in [0.1, 0.15) is 66.0 Å². The Morgan fingerprint density at radius 1 is 0.788 bits per heavy atom. The number of halogens is 3. The summed E-state index contributed by atoms with van der Waals surface area (Å²) in [4.78, 5) is 0. The summed E-state index contributed by atoms with van der Waals surface area (Å²) in [7, 11) is -1.29. The summed E-state index contributed by atoms with van der Waals surface area (Å²) in [6.45, 7) is 14.0. The Bertz CT molecular complexity index is 907. The van der Waals surface area contributed by atoms with Crippen LogP contribution in [0.4, 0.5) is 0 Å². The third-order valence-electron chi connectivity index (χ3n) is 7.08. The maximum Gasteiger partial charge on any atom is 4.00 e. The van der Waals surface area contributed by atoms with Gasteiger partial charge in [0, 0.05) is 0 Å². The molecule has 0 amide bonds. The van der Waals surface area contributed by atoms with Crippen LogP contribution in [-0.2, 0) is 28.1 Å². The van der Waals surface area contributed by atoms with E-state index in [-0.39, 0.29) is 58.9 Å². The van der Waals surface area contributed by atoms with E-state index in [1.54, 1.807) is 27.1 Å². The van der Waals surface area contributed by atoms with Crippen LogP contribution in [0.2, 0.25) is 6.04 Å². The Morgan fingerprint density at radius 3 is 1.88 bits per heavy atom. The first-order valence-electron chi connectivity index (χ1n) is 11.4. The van der Waals surface area contributed by atoms with Gasteiger partial charge in [0.25, 0.3) is 0 Å². The van der Waals surface area contributed by atoms with Gasteiger partial charge in [-0.25, -0.2) is 5.20 Å². The van der Waals surface area contributed by atoms with Gasteiger partial charge in [-0.15, -0.1) is 6.42 Å². The molecule has 0 aromatic heterocycles. The van der Waals surface area contributed by atoms with Crippen molar-refractivity contribution >= 4 is 14.0 Å². The summed E-state index contributed by atoms with van der Waals surface area (Å²) in [6, 6.07) is 12.3. The van der Waals surface area contributed by atoms with Crippen LogP contribution in [0.3, 0.4) is 0 Å². The third-order valence-corrected chi connectivity index (χ3v) is 10.9. The number of unbranched alkanes of at least 4 members (excludes halogenated alkanes) is 2. The van der Waals surface area contributed by atoms with Gasteiger partial charge in [-0.1, -0.05) is 79.7 Å². The second-order valence-electron chi connectivity index (χ2n) is 8.77. The molecule has 3 rings (SSSR count). The second kappa shape index (κ2) is 16.4. The van der Waals surface area contributed by atoms with E-state index in [4.69, 9.17) is 0 Å². The van der Waals surface area contributed by atoms with Crippen LogP contribution in [-0.4, -0.2) is 8.80 Å². The smallest absolute Gasteiger partial charge is 1.00 e. The molecule has 0 spiro atoms. The summed E-state index contributed by atoms with van der Waals surface area (Å²) >= 11 is 0. The fraction of sp³-hybridized carbons (Fsp3) is 0.429. The molecule has 0 heterocycles. The van der Waals surface area contributed by atoms with Crippen LogP contribution >= 0.6 is 0 Å². The predicted octanol–water partition coefficient (Wildman–Crippen LogP) is -2.30. The Hall–Kier alpha value is -0.279. The second-order valence-corrected chi connectivity index (χ2v) is 11.6. The first kappa shape index (κ1) is 34.9. The normalized spacial score (nSPS) is 12.9. The first-order valence-corrected chi connectivity index (χ1v) is 13.3. The molecule has 178 valence electrons. The van der Waals surface area contributed by atoms with E-state index in [1.165, 1.54) is 47.6 Å². The van der Waals surface area contributed by atoms with Crippen LogP contribution in [0.5, 0.6) is 0 Å². The van der Waals surface area contributed by atoms with Crippen LogP contribution < -0.4 is 42.4 Å². The van der Waals surface area contributed by atoms with Crippen molar-refractivity contribution in [3.05, 3.63) is 86.6 Å². The van der Waals surface area contributed by atoms with Gasteiger partial charge in [-0.05, 0) is 62.4 Å². The molecule has 0 N–H and O–H groups in total. The summed E-state index contributed by atoms with van der Waals surface area (Å²) in [5.74, 6) is 0. The minimum Gasteiger partial charge on any atom is -1.00 e. The minimum absolute atomic E-state index is 0. The van der Waals surface area contributed by atoms with E-state index in [2.05, 4.69) is 84.0 Å². The third kappa shape index (κ3) is 8.13. The zero-order valence-electron chi connectivity index (χ0n) is 20.9. The largest absolute Gasteiger partial charge is 4.00 e. The Labute approximate surface area is 237 Å². The first-order chi connectivity index (χ1) is 14.0. The zero-order valence-corrected chi connectivity index (χ0v) is 25.9. The van der Waals surface area contributed by atoms with Crippen molar-refractivity contribution in [2.24, 2.45) is 0 Å². The zero-order chi connectivity index (χ0) is 21.0. The quantitative estimate of drug-likeness (QED) is 0.195. The van der Waals surface area contributed by atoms with Crippen molar-refractivity contribution in [2.45, 2.75) is 79.7 Å². The Morgan fingerprint density at radius 2 is 1.33 bits per heavy atom. The number of benzene rings is 2. The van der Waals surface area contributed by atoms with Gasteiger partial charge < -0.3 is 37.2 Å². The molecule has 0 saturated heterocycles. The summed E-state index contributed by atoms with van der Waals surface area (Å²) in [5, 5.41) is 3.32.